The molecule has 0 aliphatic carbocycles. The maximum absolute atomic E-state index is 13.9. The summed E-state index contributed by atoms with van der Waals surface area (Å²) >= 11 is 0. The molecular weight excluding hydrogens is 510 g/mol. The van der Waals surface area contributed by atoms with Gasteiger partial charge in [-0.2, -0.15) is 5.10 Å². The lowest BCUT2D eigenvalue weighted by Gasteiger charge is -2.34. The first kappa shape index (κ1) is 25.6. The lowest BCUT2D eigenvalue weighted by molar-refractivity contribution is -0.384. The van der Waals surface area contributed by atoms with Gasteiger partial charge < -0.3 is 14.4 Å². The standard InChI is InChI=1S/C30H29N5O5/c1-20-3-9-26(21(2)15-20)34-27(17-25(31-34)23-5-7-24(8-6-23)35(37)38)30(36)33-13-11-32(12-14-33)18-22-4-10-28-29(16-22)40-19-39-28/h3-10,15-17H,11-14,18-19H2,1-2H3. The second kappa shape index (κ2) is 10.5. The van der Waals surface area contributed by atoms with E-state index >= 15 is 0 Å². The Bertz CT molecular complexity index is 1590. The van der Waals surface area contributed by atoms with Gasteiger partial charge in [0.2, 0.25) is 6.79 Å². The van der Waals surface area contributed by atoms with Crippen molar-refractivity contribution >= 4 is 11.6 Å². The molecule has 40 heavy (non-hydrogen) atoms. The molecule has 0 bridgehead atoms. The predicted molar refractivity (Wildman–Crippen MR) is 149 cm³/mol. The average molecular weight is 540 g/mol. The van der Waals surface area contributed by atoms with Crippen molar-refractivity contribution < 1.29 is 19.2 Å². The van der Waals surface area contributed by atoms with Crippen molar-refractivity contribution in [2.45, 2.75) is 20.4 Å². The Hall–Kier alpha value is -4.70. The van der Waals surface area contributed by atoms with Gasteiger partial charge >= 0.3 is 0 Å². The molecule has 4 aromatic rings. The molecule has 6 rings (SSSR count). The van der Waals surface area contributed by atoms with Crippen molar-refractivity contribution in [2.24, 2.45) is 0 Å². The number of hydrogen-bond acceptors (Lipinski definition) is 7. The number of fused-ring (bicyclic) bond motifs is 1. The van der Waals surface area contributed by atoms with E-state index in [1.165, 1.54) is 12.1 Å². The summed E-state index contributed by atoms with van der Waals surface area (Å²) in [7, 11) is 0. The molecule has 1 saturated heterocycles. The fourth-order valence-corrected chi connectivity index (χ4v) is 5.22. The minimum absolute atomic E-state index is 0.00693. The fourth-order valence-electron chi connectivity index (χ4n) is 5.22. The van der Waals surface area contributed by atoms with Gasteiger partial charge in [-0.3, -0.25) is 19.8 Å². The molecule has 10 nitrogen and oxygen atoms in total. The molecule has 3 heterocycles. The molecule has 1 amide bonds. The molecular formula is C30H29N5O5. The van der Waals surface area contributed by atoms with E-state index in [1.54, 1.807) is 22.9 Å². The van der Waals surface area contributed by atoms with Gasteiger partial charge in [0.15, 0.2) is 11.5 Å². The van der Waals surface area contributed by atoms with E-state index in [4.69, 9.17) is 14.6 Å². The van der Waals surface area contributed by atoms with E-state index in [0.717, 1.165) is 53.5 Å². The molecule has 10 heteroatoms. The molecule has 0 N–H and O–H groups in total. The van der Waals surface area contributed by atoms with Crippen LogP contribution in [0, 0.1) is 24.0 Å². The van der Waals surface area contributed by atoms with E-state index in [0.29, 0.717) is 30.0 Å². The van der Waals surface area contributed by atoms with E-state index in [-0.39, 0.29) is 18.4 Å². The first-order valence-corrected chi connectivity index (χ1v) is 13.2. The van der Waals surface area contributed by atoms with Crippen LogP contribution in [0.15, 0.2) is 66.7 Å². The summed E-state index contributed by atoms with van der Waals surface area (Å²) in [6.45, 7) is 7.71. The third-order valence-corrected chi connectivity index (χ3v) is 7.39. The molecule has 204 valence electrons. The number of hydrogen-bond donors (Lipinski definition) is 0. The van der Waals surface area contributed by atoms with Gasteiger partial charge in [0.05, 0.1) is 16.3 Å². The summed E-state index contributed by atoms with van der Waals surface area (Å²) in [6.07, 6.45) is 0. The zero-order valence-corrected chi connectivity index (χ0v) is 22.4. The molecule has 1 aromatic heterocycles. The predicted octanol–water partition coefficient (Wildman–Crippen LogP) is 4.75. The van der Waals surface area contributed by atoms with Crippen molar-refractivity contribution in [3.63, 3.8) is 0 Å². The number of benzene rings is 3. The Morgan fingerprint density at radius 1 is 0.925 bits per heavy atom. The zero-order valence-electron chi connectivity index (χ0n) is 22.4. The first-order valence-electron chi connectivity index (χ1n) is 13.2. The van der Waals surface area contributed by atoms with Gasteiger partial charge in [-0.15, -0.1) is 0 Å². The number of aromatic nitrogens is 2. The quantitative estimate of drug-likeness (QED) is 0.257. The number of non-ortho nitro benzene ring substituents is 1. The first-order chi connectivity index (χ1) is 19.4. The van der Waals surface area contributed by atoms with Crippen LogP contribution in [0.1, 0.15) is 27.2 Å². The van der Waals surface area contributed by atoms with Crippen LogP contribution in [0.4, 0.5) is 5.69 Å². The highest BCUT2D eigenvalue weighted by Gasteiger charge is 2.27. The normalized spacial score (nSPS) is 14.9. The molecule has 0 unspecified atom stereocenters. The maximum atomic E-state index is 13.9. The minimum Gasteiger partial charge on any atom is -0.454 e. The van der Waals surface area contributed by atoms with E-state index in [1.807, 2.05) is 49.1 Å². The van der Waals surface area contributed by atoms with Crippen LogP contribution in [0.25, 0.3) is 16.9 Å². The minimum atomic E-state index is -0.431. The summed E-state index contributed by atoms with van der Waals surface area (Å²) in [6, 6.07) is 20.0. The van der Waals surface area contributed by atoms with Gasteiger partial charge in [-0.1, -0.05) is 23.8 Å². The molecule has 0 spiro atoms. The highest BCUT2D eigenvalue weighted by molar-refractivity contribution is 5.94. The lowest BCUT2D eigenvalue weighted by atomic mass is 10.1. The van der Waals surface area contributed by atoms with Crippen LogP contribution in [-0.2, 0) is 6.54 Å². The Balaban J connectivity index is 1.23. The number of nitro groups is 1. The smallest absolute Gasteiger partial charge is 0.272 e. The van der Waals surface area contributed by atoms with Gasteiger partial charge in [0.25, 0.3) is 11.6 Å². The third kappa shape index (κ3) is 5.01. The molecule has 0 radical (unpaired) electrons. The second-order valence-corrected chi connectivity index (χ2v) is 10.2. The van der Waals surface area contributed by atoms with Crippen LogP contribution in [-0.4, -0.2) is 63.4 Å². The summed E-state index contributed by atoms with van der Waals surface area (Å²) < 4.78 is 12.6. The number of rotatable bonds is 6. The van der Waals surface area contributed by atoms with Gasteiger partial charge in [0, 0.05) is 50.4 Å². The molecule has 0 atom stereocenters. The number of ether oxygens (including phenoxy) is 2. The van der Waals surface area contributed by atoms with E-state index in [2.05, 4.69) is 11.0 Å². The second-order valence-electron chi connectivity index (χ2n) is 10.2. The average Bonchev–Trinajstić information content (AvgIpc) is 3.60. The number of aryl methyl sites for hydroxylation is 2. The molecule has 1 fully saturated rings. The summed E-state index contributed by atoms with van der Waals surface area (Å²) in [5.74, 6) is 1.45. The van der Waals surface area contributed by atoms with Gasteiger partial charge in [0.1, 0.15) is 5.69 Å². The summed E-state index contributed by atoms with van der Waals surface area (Å²) in [5.41, 5.74) is 5.85. The third-order valence-electron chi connectivity index (χ3n) is 7.39. The number of nitro benzene ring substituents is 1. The highest BCUT2D eigenvalue weighted by Crippen LogP contribution is 2.33. The number of carbonyl (C=O) groups is 1. The van der Waals surface area contributed by atoms with Crippen molar-refractivity contribution in [1.82, 2.24) is 19.6 Å². The Morgan fingerprint density at radius 3 is 2.40 bits per heavy atom. The topological polar surface area (TPSA) is 103 Å². The van der Waals surface area contributed by atoms with Crippen LogP contribution in [0.5, 0.6) is 11.5 Å². The molecule has 2 aliphatic heterocycles. The maximum Gasteiger partial charge on any atom is 0.272 e. The Kier molecular flexibility index (Phi) is 6.69. The van der Waals surface area contributed by atoms with Crippen molar-refractivity contribution in [3.05, 3.63) is 99.2 Å². The van der Waals surface area contributed by atoms with Crippen molar-refractivity contribution in [1.29, 1.82) is 0 Å². The van der Waals surface area contributed by atoms with E-state index < -0.39 is 4.92 Å². The Labute approximate surface area is 231 Å². The molecule has 0 saturated carbocycles. The van der Waals surface area contributed by atoms with Crippen molar-refractivity contribution in [3.8, 4) is 28.4 Å². The largest absolute Gasteiger partial charge is 0.454 e. The SMILES string of the molecule is Cc1ccc(-n2nc(-c3ccc([N+](=O)[O-])cc3)cc2C(=O)N2CCN(Cc3ccc4c(c3)OCO4)CC2)c(C)c1. The zero-order chi connectivity index (χ0) is 27.8. The highest BCUT2D eigenvalue weighted by atomic mass is 16.7. The van der Waals surface area contributed by atoms with Crippen molar-refractivity contribution in [2.75, 3.05) is 33.0 Å². The van der Waals surface area contributed by atoms with Gasteiger partial charge in [-0.05, 0) is 61.4 Å². The summed E-state index contributed by atoms with van der Waals surface area (Å²) in [5, 5.41) is 15.9. The monoisotopic (exact) mass is 539 g/mol. The number of amides is 1. The molecule has 3 aromatic carbocycles. The fraction of sp³-hybridized carbons (Fsp3) is 0.267. The van der Waals surface area contributed by atoms with E-state index in [9.17, 15) is 14.9 Å². The lowest BCUT2D eigenvalue weighted by Crippen LogP contribution is -2.48. The van der Waals surface area contributed by atoms with Crippen LogP contribution >= 0.6 is 0 Å². The van der Waals surface area contributed by atoms with Crippen LogP contribution < -0.4 is 9.47 Å². The van der Waals surface area contributed by atoms with Crippen LogP contribution in [0.3, 0.4) is 0 Å². The summed E-state index contributed by atoms with van der Waals surface area (Å²) in [4.78, 5) is 28.8. The number of piperazine rings is 1. The molecule has 2 aliphatic rings. The van der Waals surface area contributed by atoms with Gasteiger partial charge in [-0.25, -0.2) is 4.68 Å². The Morgan fingerprint density at radius 2 is 1.68 bits per heavy atom. The van der Waals surface area contributed by atoms with Crippen LogP contribution in [0.2, 0.25) is 0 Å². The number of carbonyl (C=O) groups excluding carboxylic acids is 1. The number of nitrogens with zero attached hydrogens (tertiary/aromatic N) is 5.